The molecule has 0 bridgehead atoms. The van der Waals surface area contributed by atoms with Crippen molar-refractivity contribution < 1.29 is 24.2 Å². The topological polar surface area (TPSA) is 79.3 Å². The van der Waals surface area contributed by atoms with E-state index in [0.717, 1.165) is 16.1 Å². The number of fused-ring (bicyclic) bond motifs is 1. The van der Waals surface area contributed by atoms with Gasteiger partial charge in [0.25, 0.3) is 11.7 Å². The molecule has 3 heterocycles. The van der Waals surface area contributed by atoms with Crippen LogP contribution in [0, 0.1) is 6.92 Å². The standard InChI is InChI=1S/C31H26N2O5S/c1-19-5-3-6-23(17-19)38-22-11-9-21(10-12-22)33-28(26-7-4-16-39-26)27(30(35)31(33)36)29(34)20-8-13-25-24(18-20)32(2)14-15-37-25/h3-13,16-18,28,34H,14-15H2,1-2H3/b29-27-. The Labute approximate surface area is 230 Å². The normalized spacial score (nSPS) is 18.2. The first-order valence-corrected chi connectivity index (χ1v) is 13.5. The highest BCUT2D eigenvalue weighted by Crippen LogP contribution is 2.44. The van der Waals surface area contributed by atoms with E-state index in [-0.39, 0.29) is 11.3 Å². The van der Waals surface area contributed by atoms with Crippen LogP contribution in [0.4, 0.5) is 11.4 Å². The first-order chi connectivity index (χ1) is 18.9. The van der Waals surface area contributed by atoms with Gasteiger partial charge in [0.15, 0.2) is 0 Å². The van der Waals surface area contributed by atoms with Crippen molar-refractivity contribution in [3.05, 3.63) is 106 Å². The van der Waals surface area contributed by atoms with Gasteiger partial charge in [0.05, 0.1) is 17.8 Å². The first kappa shape index (κ1) is 24.8. The van der Waals surface area contributed by atoms with Crippen molar-refractivity contribution in [1.29, 1.82) is 0 Å². The molecule has 8 heteroatoms. The average Bonchev–Trinajstić information content (AvgIpc) is 3.56. The lowest BCUT2D eigenvalue weighted by Gasteiger charge is -2.28. The molecule has 0 spiro atoms. The number of aliphatic hydroxyl groups is 1. The maximum atomic E-state index is 13.4. The van der Waals surface area contributed by atoms with Crippen LogP contribution < -0.4 is 19.3 Å². The van der Waals surface area contributed by atoms with E-state index in [9.17, 15) is 14.7 Å². The second-order valence-electron chi connectivity index (χ2n) is 9.55. The molecule has 0 aliphatic carbocycles. The Morgan fingerprint density at radius 3 is 2.56 bits per heavy atom. The van der Waals surface area contributed by atoms with Gasteiger partial charge in [-0.05, 0) is 78.5 Å². The molecule has 0 radical (unpaired) electrons. The number of benzene rings is 3. The van der Waals surface area contributed by atoms with Gasteiger partial charge in [0.2, 0.25) is 0 Å². The van der Waals surface area contributed by atoms with Crippen LogP contribution in [-0.4, -0.2) is 37.0 Å². The summed E-state index contributed by atoms with van der Waals surface area (Å²) in [5.74, 6) is 0.393. The summed E-state index contributed by atoms with van der Waals surface area (Å²) in [5.41, 5.74) is 2.94. The summed E-state index contributed by atoms with van der Waals surface area (Å²) in [6, 6.07) is 23.0. The van der Waals surface area contributed by atoms with E-state index in [1.807, 2.05) is 60.6 Å². The number of hydrogen-bond acceptors (Lipinski definition) is 7. The number of thiophene rings is 1. The highest BCUT2D eigenvalue weighted by Gasteiger charge is 2.47. The zero-order chi connectivity index (χ0) is 27.1. The molecule has 1 saturated heterocycles. The Bertz CT molecular complexity index is 1590. The van der Waals surface area contributed by atoms with Crippen molar-refractivity contribution in [3.63, 3.8) is 0 Å². The first-order valence-electron chi connectivity index (χ1n) is 12.6. The predicted molar refractivity (Wildman–Crippen MR) is 152 cm³/mol. The molecule has 3 aromatic carbocycles. The Kier molecular flexibility index (Phi) is 6.32. The van der Waals surface area contributed by atoms with Gasteiger partial charge in [-0.25, -0.2) is 0 Å². The maximum Gasteiger partial charge on any atom is 0.300 e. The molecule has 1 fully saturated rings. The van der Waals surface area contributed by atoms with E-state index in [0.29, 0.717) is 41.7 Å². The number of anilines is 2. The van der Waals surface area contributed by atoms with Gasteiger partial charge in [0, 0.05) is 23.2 Å². The molecule has 1 N–H and O–H groups in total. The van der Waals surface area contributed by atoms with Crippen molar-refractivity contribution in [2.45, 2.75) is 13.0 Å². The third kappa shape index (κ3) is 4.53. The number of Topliss-reactive ketones (excluding diaryl/α,β-unsaturated/α-hetero) is 1. The minimum absolute atomic E-state index is 0.0573. The minimum Gasteiger partial charge on any atom is -0.507 e. The predicted octanol–water partition coefficient (Wildman–Crippen LogP) is 6.30. The Hall–Kier alpha value is -4.56. The molecule has 0 saturated carbocycles. The summed E-state index contributed by atoms with van der Waals surface area (Å²) in [6.45, 7) is 3.28. The van der Waals surface area contributed by atoms with Crippen molar-refractivity contribution in [3.8, 4) is 17.2 Å². The van der Waals surface area contributed by atoms with Crippen molar-refractivity contribution in [2.24, 2.45) is 0 Å². The SMILES string of the molecule is Cc1cccc(Oc2ccc(N3C(=O)C(=O)/C(=C(\O)c4ccc5c(c4)N(C)CCO5)C3c3cccs3)cc2)c1. The van der Waals surface area contributed by atoms with Crippen molar-refractivity contribution in [2.75, 3.05) is 30.0 Å². The highest BCUT2D eigenvalue weighted by atomic mass is 32.1. The van der Waals surface area contributed by atoms with Crippen LogP contribution >= 0.6 is 11.3 Å². The minimum atomic E-state index is -0.765. The van der Waals surface area contributed by atoms with Crippen molar-refractivity contribution >= 4 is 40.2 Å². The van der Waals surface area contributed by atoms with E-state index < -0.39 is 17.7 Å². The van der Waals surface area contributed by atoms with Crippen LogP contribution in [0.3, 0.4) is 0 Å². The van der Waals surface area contributed by atoms with Gasteiger partial charge in [-0.15, -0.1) is 11.3 Å². The number of ether oxygens (including phenoxy) is 2. The number of hydrogen-bond donors (Lipinski definition) is 1. The van der Waals surface area contributed by atoms with E-state index in [1.54, 1.807) is 42.5 Å². The Morgan fingerprint density at radius 1 is 1.00 bits per heavy atom. The van der Waals surface area contributed by atoms with Crippen LogP contribution in [-0.2, 0) is 9.59 Å². The molecule has 1 amide bonds. The zero-order valence-electron chi connectivity index (χ0n) is 21.5. The lowest BCUT2D eigenvalue weighted by atomic mass is 9.99. The van der Waals surface area contributed by atoms with Gasteiger partial charge < -0.3 is 19.5 Å². The van der Waals surface area contributed by atoms with Crippen molar-refractivity contribution in [1.82, 2.24) is 0 Å². The van der Waals surface area contributed by atoms with Gasteiger partial charge in [0.1, 0.15) is 35.7 Å². The number of ketones is 1. The Balaban J connectivity index is 1.39. The largest absolute Gasteiger partial charge is 0.507 e. The summed E-state index contributed by atoms with van der Waals surface area (Å²) in [6.07, 6.45) is 0. The number of likely N-dealkylation sites (N-methyl/N-ethyl adjacent to an activating group) is 1. The zero-order valence-corrected chi connectivity index (χ0v) is 22.3. The molecule has 39 heavy (non-hydrogen) atoms. The number of nitrogens with zero attached hydrogens (tertiary/aromatic N) is 2. The monoisotopic (exact) mass is 538 g/mol. The van der Waals surface area contributed by atoms with E-state index in [4.69, 9.17) is 9.47 Å². The second-order valence-corrected chi connectivity index (χ2v) is 10.5. The third-order valence-corrected chi connectivity index (χ3v) is 7.85. The molecule has 196 valence electrons. The van der Waals surface area contributed by atoms with E-state index in [1.165, 1.54) is 16.2 Å². The van der Waals surface area contributed by atoms with Gasteiger partial charge >= 0.3 is 0 Å². The fraction of sp³-hybridized carbons (Fsp3) is 0.161. The molecule has 2 aliphatic heterocycles. The molecule has 7 nitrogen and oxygen atoms in total. The quantitative estimate of drug-likeness (QED) is 0.182. The molecular formula is C31H26N2O5S. The molecule has 1 unspecified atom stereocenters. The molecule has 4 aromatic rings. The lowest BCUT2D eigenvalue weighted by Crippen LogP contribution is -2.29. The van der Waals surface area contributed by atoms with Gasteiger partial charge in [-0.3, -0.25) is 14.5 Å². The van der Waals surface area contributed by atoms with Gasteiger partial charge in [-0.1, -0.05) is 18.2 Å². The molecule has 1 aromatic heterocycles. The highest BCUT2D eigenvalue weighted by molar-refractivity contribution is 7.10. The lowest BCUT2D eigenvalue weighted by molar-refractivity contribution is -0.132. The maximum absolute atomic E-state index is 13.4. The number of aryl methyl sites for hydroxylation is 1. The van der Waals surface area contributed by atoms with Gasteiger partial charge in [-0.2, -0.15) is 0 Å². The third-order valence-electron chi connectivity index (χ3n) is 6.93. The smallest absolute Gasteiger partial charge is 0.300 e. The molecular weight excluding hydrogens is 512 g/mol. The molecule has 2 aliphatic rings. The van der Waals surface area contributed by atoms with Crippen LogP contribution in [0.1, 0.15) is 22.0 Å². The summed E-state index contributed by atoms with van der Waals surface area (Å²) in [7, 11) is 1.95. The average molecular weight is 539 g/mol. The van der Waals surface area contributed by atoms with Crippen LogP contribution in [0.5, 0.6) is 17.2 Å². The fourth-order valence-electron chi connectivity index (χ4n) is 4.96. The van der Waals surface area contributed by atoms with E-state index >= 15 is 0 Å². The molecule has 1 atom stereocenters. The second kappa shape index (κ2) is 9.96. The fourth-order valence-corrected chi connectivity index (χ4v) is 5.78. The number of aliphatic hydroxyl groups excluding tert-OH is 1. The number of amides is 1. The van der Waals surface area contributed by atoms with Crippen LogP contribution in [0.25, 0.3) is 5.76 Å². The van der Waals surface area contributed by atoms with Crippen LogP contribution in [0.2, 0.25) is 0 Å². The summed E-state index contributed by atoms with van der Waals surface area (Å²) < 4.78 is 11.7. The summed E-state index contributed by atoms with van der Waals surface area (Å²) in [4.78, 5) is 31.1. The van der Waals surface area contributed by atoms with E-state index in [2.05, 4.69) is 0 Å². The van der Waals surface area contributed by atoms with Crippen LogP contribution in [0.15, 0.2) is 89.8 Å². The number of carbonyl (C=O) groups is 2. The number of rotatable bonds is 5. The summed E-state index contributed by atoms with van der Waals surface area (Å²) >= 11 is 1.42. The molecule has 6 rings (SSSR count). The number of carbonyl (C=O) groups excluding carboxylic acids is 2. The summed E-state index contributed by atoms with van der Waals surface area (Å²) in [5, 5.41) is 13.4. The Morgan fingerprint density at radius 2 is 1.82 bits per heavy atom.